The van der Waals surface area contributed by atoms with Crippen molar-refractivity contribution in [1.29, 1.82) is 0 Å². The van der Waals surface area contributed by atoms with Crippen molar-refractivity contribution in [2.75, 3.05) is 18.0 Å². The van der Waals surface area contributed by atoms with Crippen LogP contribution >= 0.6 is 0 Å². The smallest absolute Gasteiger partial charge is 0.407 e. The van der Waals surface area contributed by atoms with Crippen molar-refractivity contribution in [2.24, 2.45) is 0 Å². The molecule has 1 aliphatic rings. The Bertz CT molecular complexity index is 500. The second-order valence-electron chi connectivity index (χ2n) is 6.13. The molecule has 1 amide bonds. The van der Waals surface area contributed by atoms with Crippen LogP contribution < -0.4 is 10.2 Å². The maximum Gasteiger partial charge on any atom is 0.407 e. The first kappa shape index (κ1) is 15.5. The van der Waals surface area contributed by atoms with Gasteiger partial charge in [0.15, 0.2) is 0 Å². The van der Waals surface area contributed by atoms with Gasteiger partial charge in [0.2, 0.25) is 5.89 Å². The summed E-state index contributed by atoms with van der Waals surface area (Å²) < 4.78 is 24.1. The molecule has 8 heteroatoms. The highest BCUT2D eigenvalue weighted by Crippen LogP contribution is 2.25. The van der Waals surface area contributed by atoms with Gasteiger partial charge in [0.25, 0.3) is 0 Å². The molecule has 2 heterocycles. The van der Waals surface area contributed by atoms with Crippen LogP contribution in [0, 0.1) is 6.92 Å². The lowest BCUT2D eigenvalue weighted by Gasteiger charge is -2.24. The van der Waals surface area contributed by atoms with Gasteiger partial charge in [0.05, 0.1) is 12.6 Å². The molecule has 0 saturated carbocycles. The molecule has 1 aliphatic heterocycles. The number of ether oxygens (including phenoxy) is 1. The van der Waals surface area contributed by atoms with Gasteiger partial charge in [0.1, 0.15) is 11.8 Å². The van der Waals surface area contributed by atoms with Crippen LogP contribution in [0.1, 0.15) is 33.1 Å². The predicted molar refractivity (Wildman–Crippen MR) is 73.9 cm³/mol. The highest BCUT2D eigenvalue weighted by Gasteiger charge is 2.35. The van der Waals surface area contributed by atoms with E-state index in [1.807, 2.05) is 0 Å². The minimum atomic E-state index is -0.984. The Morgan fingerprint density at radius 3 is 2.81 bits per heavy atom. The Morgan fingerprint density at radius 2 is 2.24 bits per heavy atom. The Hall–Kier alpha value is -1.86. The minimum Gasteiger partial charge on any atom is -0.444 e. The molecule has 1 N–H and O–H groups in total. The number of aryl methyl sites for hydroxylation is 1. The number of halogens is 1. The molecule has 0 unspecified atom stereocenters. The number of carbonyl (C=O) groups is 1. The zero-order valence-electron chi connectivity index (χ0n) is 12.7. The normalized spacial score (nSPS) is 22.4. The van der Waals surface area contributed by atoms with Crippen molar-refractivity contribution in [2.45, 2.75) is 51.9 Å². The summed E-state index contributed by atoms with van der Waals surface area (Å²) in [7, 11) is 0. The molecule has 0 aliphatic carbocycles. The molecule has 2 atom stereocenters. The van der Waals surface area contributed by atoms with Crippen LogP contribution in [0.4, 0.5) is 15.2 Å². The van der Waals surface area contributed by atoms with Crippen LogP contribution in [0.3, 0.4) is 0 Å². The zero-order chi connectivity index (χ0) is 15.6. The van der Waals surface area contributed by atoms with E-state index in [0.29, 0.717) is 12.3 Å². The third kappa shape index (κ3) is 4.30. The van der Waals surface area contributed by atoms with Gasteiger partial charge >= 0.3 is 12.1 Å². The van der Waals surface area contributed by atoms with Crippen molar-refractivity contribution < 1.29 is 18.3 Å². The van der Waals surface area contributed by atoms with E-state index in [-0.39, 0.29) is 25.1 Å². The van der Waals surface area contributed by atoms with E-state index in [2.05, 4.69) is 15.5 Å². The van der Waals surface area contributed by atoms with Crippen molar-refractivity contribution in [3.63, 3.8) is 0 Å². The van der Waals surface area contributed by atoms with E-state index in [4.69, 9.17) is 9.15 Å². The Balaban J connectivity index is 1.93. The number of alkyl carbamates (subject to hydrolysis) is 1. The average Bonchev–Trinajstić information content (AvgIpc) is 2.90. The van der Waals surface area contributed by atoms with Crippen molar-refractivity contribution in [3.05, 3.63) is 5.89 Å². The molecular weight excluding hydrogens is 279 g/mol. The Morgan fingerprint density at radius 1 is 1.52 bits per heavy atom. The van der Waals surface area contributed by atoms with Crippen molar-refractivity contribution in [1.82, 2.24) is 15.5 Å². The van der Waals surface area contributed by atoms with Crippen LogP contribution in [0.15, 0.2) is 4.42 Å². The lowest BCUT2D eigenvalue weighted by molar-refractivity contribution is 0.0524. The van der Waals surface area contributed by atoms with Gasteiger partial charge < -0.3 is 19.4 Å². The molecule has 0 radical (unpaired) electrons. The number of carbonyl (C=O) groups excluding carboxylic acids is 1. The van der Waals surface area contributed by atoms with E-state index in [0.717, 1.165) is 0 Å². The molecule has 0 spiro atoms. The number of nitrogens with zero attached hydrogens (tertiary/aromatic N) is 3. The van der Waals surface area contributed by atoms with E-state index in [1.165, 1.54) is 0 Å². The summed E-state index contributed by atoms with van der Waals surface area (Å²) in [5, 5.41) is 10.3. The molecule has 118 valence electrons. The first-order chi connectivity index (χ1) is 9.74. The van der Waals surface area contributed by atoms with Crippen molar-refractivity contribution in [3.8, 4) is 0 Å². The highest BCUT2D eigenvalue weighted by molar-refractivity contribution is 5.67. The number of anilines is 1. The Kier molecular flexibility index (Phi) is 4.34. The number of hydrogen-bond donors (Lipinski definition) is 1. The van der Waals surface area contributed by atoms with Gasteiger partial charge in [-0.2, -0.15) is 0 Å². The van der Waals surface area contributed by atoms with Gasteiger partial charge in [-0.3, -0.25) is 0 Å². The minimum absolute atomic E-state index is 0.183. The molecule has 1 fully saturated rings. The molecular formula is C13H21FN4O3. The van der Waals surface area contributed by atoms with E-state index >= 15 is 0 Å². The van der Waals surface area contributed by atoms with Gasteiger partial charge in [-0.05, 0) is 20.8 Å². The number of alkyl halides is 1. The average molecular weight is 300 g/mol. The number of aromatic nitrogens is 2. The first-order valence-electron chi connectivity index (χ1n) is 6.92. The second kappa shape index (κ2) is 5.87. The maximum absolute atomic E-state index is 13.6. The molecule has 7 nitrogen and oxygen atoms in total. The second-order valence-corrected chi connectivity index (χ2v) is 6.13. The van der Waals surface area contributed by atoms with Gasteiger partial charge in [-0.25, -0.2) is 9.18 Å². The SMILES string of the molecule is Cc1nnc(N2C[C@@H](F)C[C@H]2CNC(=O)OC(C)(C)C)o1. The van der Waals surface area contributed by atoms with Gasteiger partial charge in [-0.15, -0.1) is 5.10 Å². The lowest BCUT2D eigenvalue weighted by atomic mass is 10.2. The summed E-state index contributed by atoms with van der Waals surface area (Å²) in [5.74, 6) is 0.422. The molecule has 0 bridgehead atoms. The van der Waals surface area contributed by atoms with Crippen LogP contribution in [0.2, 0.25) is 0 Å². The fraction of sp³-hybridized carbons (Fsp3) is 0.769. The molecule has 2 rings (SSSR count). The zero-order valence-corrected chi connectivity index (χ0v) is 12.7. The van der Waals surface area contributed by atoms with Gasteiger partial charge in [-0.1, -0.05) is 5.10 Å². The largest absolute Gasteiger partial charge is 0.444 e. The summed E-state index contributed by atoms with van der Waals surface area (Å²) in [6.07, 6.45) is -1.20. The van der Waals surface area contributed by atoms with Crippen LogP contribution in [-0.2, 0) is 4.74 Å². The number of hydrogen-bond acceptors (Lipinski definition) is 6. The summed E-state index contributed by atoms with van der Waals surface area (Å²) in [6, 6.07) is 0.0519. The number of nitrogens with one attached hydrogen (secondary N) is 1. The topological polar surface area (TPSA) is 80.5 Å². The predicted octanol–water partition coefficient (Wildman–Crippen LogP) is 1.82. The van der Waals surface area contributed by atoms with Crippen molar-refractivity contribution >= 4 is 12.1 Å². The summed E-state index contributed by atoms with van der Waals surface area (Å²) in [6.45, 7) is 7.47. The monoisotopic (exact) mass is 300 g/mol. The highest BCUT2D eigenvalue weighted by atomic mass is 19.1. The molecule has 1 aromatic heterocycles. The fourth-order valence-electron chi connectivity index (χ4n) is 2.20. The Labute approximate surface area is 122 Å². The molecule has 21 heavy (non-hydrogen) atoms. The van der Waals surface area contributed by atoms with Crippen LogP contribution in [0.25, 0.3) is 0 Å². The van der Waals surface area contributed by atoms with E-state index < -0.39 is 17.9 Å². The van der Waals surface area contributed by atoms with Crippen LogP contribution in [0.5, 0.6) is 0 Å². The van der Waals surface area contributed by atoms with E-state index in [1.54, 1.807) is 32.6 Å². The molecule has 0 aromatic carbocycles. The fourth-order valence-corrected chi connectivity index (χ4v) is 2.20. The van der Waals surface area contributed by atoms with Gasteiger partial charge in [0, 0.05) is 19.9 Å². The first-order valence-corrected chi connectivity index (χ1v) is 6.92. The summed E-state index contributed by atoms with van der Waals surface area (Å²) in [4.78, 5) is 13.3. The summed E-state index contributed by atoms with van der Waals surface area (Å²) >= 11 is 0. The molecule has 1 saturated heterocycles. The number of amides is 1. The van der Waals surface area contributed by atoms with Crippen LogP contribution in [-0.4, -0.2) is 47.2 Å². The third-order valence-electron chi connectivity index (χ3n) is 3.01. The molecule has 1 aromatic rings. The third-order valence-corrected chi connectivity index (χ3v) is 3.01. The quantitative estimate of drug-likeness (QED) is 0.917. The summed E-state index contributed by atoms with van der Waals surface area (Å²) in [5.41, 5.74) is -0.564. The van der Waals surface area contributed by atoms with E-state index in [9.17, 15) is 9.18 Å². The maximum atomic E-state index is 13.6. The lowest BCUT2D eigenvalue weighted by Crippen LogP contribution is -2.42. The number of rotatable bonds is 3. The standard InChI is InChI=1S/C13H21FN4O3/c1-8-16-17-11(20-8)18-7-9(14)5-10(18)6-15-12(19)21-13(2,3)4/h9-10H,5-7H2,1-4H3,(H,15,19)/t9-,10-/m0/s1.